The zero-order valence-electron chi connectivity index (χ0n) is 9.87. The molecule has 0 fully saturated rings. The second-order valence-corrected chi connectivity index (χ2v) is 3.98. The fourth-order valence-electron chi connectivity index (χ4n) is 1.94. The highest BCUT2D eigenvalue weighted by atomic mass is 16.3. The minimum Gasteiger partial charge on any atom is -0.472 e. The standard InChI is InChI=1S/C13H12N4O/c1-17-13(14)11(9-2-5-15-6-3-9)12(16-17)10-4-7-18-8-10/h2-8H,14H2,1H3. The van der Waals surface area contributed by atoms with Crippen molar-refractivity contribution in [1.29, 1.82) is 0 Å². The van der Waals surface area contributed by atoms with Crippen molar-refractivity contribution in [2.45, 2.75) is 0 Å². The van der Waals surface area contributed by atoms with Crippen molar-refractivity contribution < 1.29 is 4.42 Å². The van der Waals surface area contributed by atoms with Crippen molar-refractivity contribution >= 4 is 5.82 Å². The molecule has 18 heavy (non-hydrogen) atoms. The van der Waals surface area contributed by atoms with Gasteiger partial charge in [0.05, 0.1) is 18.1 Å². The van der Waals surface area contributed by atoms with Crippen molar-refractivity contribution in [2.24, 2.45) is 7.05 Å². The van der Waals surface area contributed by atoms with Crippen molar-refractivity contribution in [2.75, 3.05) is 5.73 Å². The van der Waals surface area contributed by atoms with Crippen LogP contribution in [0.5, 0.6) is 0 Å². The first-order valence-corrected chi connectivity index (χ1v) is 5.53. The van der Waals surface area contributed by atoms with Crippen molar-refractivity contribution in [3.63, 3.8) is 0 Å². The second-order valence-electron chi connectivity index (χ2n) is 3.98. The molecule has 5 heteroatoms. The minimum absolute atomic E-state index is 0.623. The number of nitrogens with zero attached hydrogens (tertiary/aromatic N) is 3. The first-order chi connectivity index (χ1) is 8.77. The van der Waals surface area contributed by atoms with Gasteiger partial charge in [-0.3, -0.25) is 9.67 Å². The van der Waals surface area contributed by atoms with Gasteiger partial charge in [-0.25, -0.2) is 0 Å². The largest absolute Gasteiger partial charge is 0.472 e. The van der Waals surface area contributed by atoms with Gasteiger partial charge in [0.2, 0.25) is 0 Å². The van der Waals surface area contributed by atoms with Crippen LogP contribution >= 0.6 is 0 Å². The summed E-state index contributed by atoms with van der Waals surface area (Å²) in [7, 11) is 1.82. The van der Waals surface area contributed by atoms with E-state index in [2.05, 4.69) is 10.1 Å². The average molecular weight is 240 g/mol. The Balaban J connectivity index is 2.26. The maximum absolute atomic E-state index is 6.09. The molecule has 0 bridgehead atoms. The lowest BCUT2D eigenvalue weighted by Crippen LogP contribution is -1.97. The summed E-state index contributed by atoms with van der Waals surface area (Å²) in [6, 6.07) is 5.69. The Morgan fingerprint density at radius 3 is 2.61 bits per heavy atom. The third-order valence-electron chi connectivity index (χ3n) is 2.86. The molecule has 0 spiro atoms. The predicted molar refractivity (Wildman–Crippen MR) is 68.6 cm³/mol. The van der Waals surface area contributed by atoms with Crippen LogP contribution < -0.4 is 5.73 Å². The molecule has 5 nitrogen and oxygen atoms in total. The Bertz CT molecular complexity index is 656. The van der Waals surface area contributed by atoms with E-state index in [1.807, 2.05) is 25.2 Å². The summed E-state index contributed by atoms with van der Waals surface area (Å²) in [6.07, 6.45) is 6.75. The van der Waals surface area contributed by atoms with E-state index in [1.165, 1.54) is 0 Å². The molecule has 0 saturated heterocycles. The van der Waals surface area contributed by atoms with Gasteiger partial charge in [0, 0.05) is 25.0 Å². The van der Waals surface area contributed by atoms with Gasteiger partial charge in [-0.1, -0.05) is 0 Å². The lowest BCUT2D eigenvalue weighted by atomic mass is 10.0. The van der Waals surface area contributed by atoms with Crippen LogP contribution in [0, 0.1) is 0 Å². The van der Waals surface area contributed by atoms with Gasteiger partial charge in [-0.05, 0) is 23.8 Å². The summed E-state index contributed by atoms with van der Waals surface area (Å²) in [5.41, 5.74) is 9.71. The zero-order chi connectivity index (χ0) is 12.5. The summed E-state index contributed by atoms with van der Waals surface area (Å²) in [5.74, 6) is 0.623. The summed E-state index contributed by atoms with van der Waals surface area (Å²) in [6.45, 7) is 0. The van der Waals surface area contributed by atoms with Gasteiger partial charge in [0.15, 0.2) is 0 Å². The number of hydrogen-bond donors (Lipinski definition) is 1. The first-order valence-electron chi connectivity index (χ1n) is 5.53. The fraction of sp³-hybridized carbons (Fsp3) is 0.0769. The molecule has 90 valence electrons. The Hall–Kier alpha value is -2.56. The van der Waals surface area contributed by atoms with Crippen molar-refractivity contribution in [3.05, 3.63) is 43.1 Å². The monoisotopic (exact) mass is 240 g/mol. The van der Waals surface area contributed by atoms with E-state index in [9.17, 15) is 0 Å². The number of pyridine rings is 1. The highest BCUT2D eigenvalue weighted by molar-refractivity contribution is 5.87. The van der Waals surface area contributed by atoms with Crippen molar-refractivity contribution in [3.8, 4) is 22.4 Å². The molecule has 3 aromatic heterocycles. The lowest BCUT2D eigenvalue weighted by molar-refractivity contribution is 0.568. The van der Waals surface area contributed by atoms with E-state index < -0.39 is 0 Å². The van der Waals surface area contributed by atoms with Gasteiger partial charge < -0.3 is 10.2 Å². The molecule has 0 amide bonds. The summed E-state index contributed by atoms with van der Waals surface area (Å²) in [4.78, 5) is 4.01. The predicted octanol–water partition coefficient (Wildman–Crippen LogP) is 2.32. The van der Waals surface area contributed by atoms with Gasteiger partial charge in [0.1, 0.15) is 11.5 Å². The smallest absolute Gasteiger partial charge is 0.129 e. The fourth-order valence-corrected chi connectivity index (χ4v) is 1.94. The molecule has 0 aliphatic rings. The Kier molecular flexibility index (Phi) is 2.37. The Morgan fingerprint density at radius 1 is 1.17 bits per heavy atom. The van der Waals surface area contributed by atoms with Gasteiger partial charge in [-0.2, -0.15) is 5.10 Å². The van der Waals surface area contributed by atoms with Crippen LogP contribution in [0.25, 0.3) is 22.4 Å². The Morgan fingerprint density at radius 2 is 1.94 bits per heavy atom. The van der Waals surface area contributed by atoms with Gasteiger partial charge in [0.25, 0.3) is 0 Å². The molecule has 0 radical (unpaired) electrons. The summed E-state index contributed by atoms with van der Waals surface area (Å²) < 4.78 is 6.77. The molecule has 3 rings (SSSR count). The van der Waals surface area contributed by atoms with E-state index in [-0.39, 0.29) is 0 Å². The van der Waals surface area contributed by atoms with Crippen LogP contribution in [0.1, 0.15) is 0 Å². The molecule has 0 aromatic carbocycles. The maximum Gasteiger partial charge on any atom is 0.129 e. The quantitative estimate of drug-likeness (QED) is 0.746. The molecule has 3 aromatic rings. The SMILES string of the molecule is Cn1nc(-c2ccoc2)c(-c2ccncc2)c1N. The second kappa shape index (κ2) is 4.03. The molecule has 3 heterocycles. The lowest BCUT2D eigenvalue weighted by Gasteiger charge is -2.02. The topological polar surface area (TPSA) is 69.9 Å². The number of nitrogen functional groups attached to an aromatic ring is 1. The molecular weight excluding hydrogens is 228 g/mol. The third kappa shape index (κ3) is 1.57. The van der Waals surface area contributed by atoms with Gasteiger partial charge in [-0.15, -0.1) is 0 Å². The van der Waals surface area contributed by atoms with E-state index in [0.29, 0.717) is 5.82 Å². The van der Waals surface area contributed by atoms with E-state index in [0.717, 1.165) is 22.4 Å². The molecule has 0 unspecified atom stereocenters. The minimum atomic E-state index is 0.623. The number of aryl methyl sites for hydroxylation is 1. The van der Waals surface area contributed by atoms with Crippen LogP contribution in [-0.2, 0) is 7.05 Å². The molecule has 0 aliphatic carbocycles. The summed E-state index contributed by atoms with van der Waals surface area (Å²) >= 11 is 0. The normalized spacial score (nSPS) is 10.7. The highest BCUT2D eigenvalue weighted by Crippen LogP contribution is 2.35. The average Bonchev–Trinajstić information content (AvgIpc) is 3.00. The molecule has 2 N–H and O–H groups in total. The molecule has 0 aliphatic heterocycles. The molecular formula is C13H12N4O. The van der Waals surface area contributed by atoms with Gasteiger partial charge >= 0.3 is 0 Å². The van der Waals surface area contributed by atoms with Crippen LogP contribution in [-0.4, -0.2) is 14.8 Å². The summed E-state index contributed by atoms with van der Waals surface area (Å²) in [5, 5.41) is 4.44. The maximum atomic E-state index is 6.09. The Labute approximate surface area is 104 Å². The number of aromatic nitrogens is 3. The first kappa shape index (κ1) is 10.6. The van der Waals surface area contributed by atoms with E-state index in [4.69, 9.17) is 10.2 Å². The van der Waals surface area contributed by atoms with Crippen LogP contribution in [0.3, 0.4) is 0 Å². The van der Waals surface area contributed by atoms with Crippen LogP contribution in [0.15, 0.2) is 47.5 Å². The highest BCUT2D eigenvalue weighted by Gasteiger charge is 2.17. The number of furan rings is 1. The number of nitrogens with two attached hydrogens (primary N) is 1. The van der Waals surface area contributed by atoms with Crippen molar-refractivity contribution in [1.82, 2.24) is 14.8 Å². The van der Waals surface area contributed by atoms with Crippen LogP contribution in [0.2, 0.25) is 0 Å². The van der Waals surface area contributed by atoms with Crippen LogP contribution in [0.4, 0.5) is 5.82 Å². The van der Waals surface area contributed by atoms with E-state index in [1.54, 1.807) is 29.6 Å². The molecule has 0 atom stereocenters. The number of anilines is 1. The van der Waals surface area contributed by atoms with E-state index >= 15 is 0 Å². The zero-order valence-corrected chi connectivity index (χ0v) is 9.87. The third-order valence-corrected chi connectivity index (χ3v) is 2.86. The number of hydrogen-bond acceptors (Lipinski definition) is 4. The molecule has 0 saturated carbocycles. The number of rotatable bonds is 2.